The van der Waals surface area contributed by atoms with Gasteiger partial charge in [-0.3, -0.25) is 4.79 Å². The second-order valence-electron chi connectivity index (χ2n) is 5.83. The van der Waals surface area contributed by atoms with Crippen LogP contribution in [0.1, 0.15) is 56.2 Å². The van der Waals surface area contributed by atoms with Gasteiger partial charge >= 0.3 is 5.97 Å². The summed E-state index contributed by atoms with van der Waals surface area (Å²) in [6, 6.07) is 0. The molecule has 1 atom stereocenters. The summed E-state index contributed by atoms with van der Waals surface area (Å²) in [6.45, 7) is 4.68. The maximum atomic E-state index is 11.2. The Morgan fingerprint density at radius 2 is 2.15 bits per heavy atom. The van der Waals surface area contributed by atoms with Gasteiger partial charge in [0, 0.05) is 12.2 Å². The first kappa shape index (κ1) is 15.0. The fourth-order valence-electron chi connectivity index (χ4n) is 3.02. The van der Waals surface area contributed by atoms with E-state index in [4.69, 9.17) is 5.73 Å². The van der Waals surface area contributed by atoms with E-state index in [9.17, 15) is 9.90 Å². The lowest BCUT2D eigenvalue weighted by Crippen LogP contribution is -2.47. The molecule has 0 radical (unpaired) electrons. The van der Waals surface area contributed by atoms with Gasteiger partial charge in [-0.1, -0.05) is 6.92 Å². The topological polar surface area (TPSA) is 81.1 Å². The van der Waals surface area contributed by atoms with Gasteiger partial charge < -0.3 is 15.4 Å². The van der Waals surface area contributed by atoms with Crippen molar-refractivity contribution in [2.24, 2.45) is 5.73 Å². The number of aryl methyl sites for hydroxylation is 2. The van der Waals surface area contributed by atoms with Crippen LogP contribution < -0.4 is 5.73 Å². The third kappa shape index (κ3) is 2.87. The molecule has 1 heterocycles. The van der Waals surface area contributed by atoms with Crippen LogP contribution in [0.25, 0.3) is 0 Å². The number of aliphatic carboxylic acids is 1. The number of nitrogens with two attached hydrogens (primary N) is 1. The molecular formula is C15H25N3O2. The number of nitrogens with zero attached hydrogens (tertiary/aromatic N) is 2. The molecule has 5 nitrogen and oxygen atoms in total. The number of imidazole rings is 1. The van der Waals surface area contributed by atoms with Gasteiger partial charge in [-0.25, -0.2) is 4.98 Å². The Hall–Kier alpha value is -1.36. The number of carbonyl (C=O) groups is 1. The Bertz CT molecular complexity index is 496. The first-order valence-electron chi connectivity index (χ1n) is 7.55. The van der Waals surface area contributed by atoms with Gasteiger partial charge in [0.25, 0.3) is 0 Å². The third-order valence-electron chi connectivity index (χ3n) is 4.48. The quantitative estimate of drug-likeness (QED) is 0.835. The van der Waals surface area contributed by atoms with Gasteiger partial charge in [0.1, 0.15) is 11.4 Å². The van der Waals surface area contributed by atoms with Crippen LogP contribution in [0.4, 0.5) is 0 Å². The summed E-state index contributed by atoms with van der Waals surface area (Å²) in [7, 11) is 0. The normalized spacial score (nSPS) is 17.6. The summed E-state index contributed by atoms with van der Waals surface area (Å²) in [5.41, 5.74) is 7.43. The number of carboxylic acid groups (broad SMARTS) is 1. The van der Waals surface area contributed by atoms with Gasteiger partial charge in [-0.15, -0.1) is 0 Å². The molecule has 1 aromatic heterocycles. The summed E-state index contributed by atoms with van der Waals surface area (Å²) < 4.78 is 2.26. The van der Waals surface area contributed by atoms with Crippen LogP contribution in [0.3, 0.4) is 0 Å². The van der Waals surface area contributed by atoms with E-state index in [2.05, 4.69) is 9.55 Å². The lowest BCUT2D eigenvalue weighted by Gasteiger charge is -2.23. The monoisotopic (exact) mass is 279 g/mol. The van der Waals surface area contributed by atoms with Crippen LogP contribution in [0, 0.1) is 6.92 Å². The van der Waals surface area contributed by atoms with Crippen molar-refractivity contribution in [3.8, 4) is 0 Å². The molecule has 112 valence electrons. The lowest BCUT2D eigenvalue weighted by atomic mass is 9.92. The molecule has 1 aromatic rings. The molecule has 1 aliphatic rings. The van der Waals surface area contributed by atoms with E-state index in [0.717, 1.165) is 31.6 Å². The average molecular weight is 279 g/mol. The standard InChI is InChI=1S/C15H25N3O2/c1-3-15(16,14(19)20)9-6-10-18-11(2)17-12-7-4-5-8-13(12)18/h3-10,16H2,1-2H3,(H,19,20). The highest BCUT2D eigenvalue weighted by atomic mass is 16.4. The highest BCUT2D eigenvalue weighted by Gasteiger charge is 2.31. The van der Waals surface area contributed by atoms with Gasteiger partial charge in [0.05, 0.1) is 5.69 Å². The van der Waals surface area contributed by atoms with E-state index in [1.54, 1.807) is 0 Å². The van der Waals surface area contributed by atoms with Crippen molar-refractivity contribution in [1.82, 2.24) is 9.55 Å². The zero-order valence-corrected chi connectivity index (χ0v) is 12.5. The van der Waals surface area contributed by atoms with Crippen LogP contribution in [0.5, 0.6) is 0 Å². The first-order chi connectivity index (χ1) is 9.48. The maximum Gasteiger partial charge on any atom is 0.323 e. The average Bonchev–Trinajstić information content (AvgIpc) is 2.74. The fourth-order valence-corrected chi connectivity index (χ4v) is 3.02. The summed E-state index contributed by atoms with van der Waals surface area (Å²) in [6.07, 6.45) is 6.37. The molecule has 1 aliphatic carbocycles. The van der Waals surface area contributed by atoms with E-state index < -0.39 is 11.5 Å². The molecule has 5 heteroatoms. The smallest absolute Gasteiger partial charge is 0.323 e. The van der Waals surface area contributed by atoms with Crippen molar-refractivity contribution in [3.05, 3.63) is 17.2 Å². The maximum absolute atomic E-state index is 11.2. The molecule has 0 aromatic carbocycles. The van der Waals surface area contributed by atoms with E-state index in [0.29, 0.717) is 12.8 Å². The van der Waals surface area contributed by atoms with Gasteiger partial charge in [0.2, 0.25) is 0 Å². The number of carboxylic acids is 1. The van der Waals surface area contributed by atoms with Crippen LogP contribution in [0.15, 0.2) is 0 Å². The molecule has 0 saturated heterocycles. The Kier molecular flexibility index (Phi) is 4.48. The molecule has 0 fully saturated rings. The Balaban J connectivity index is 2.01. The molecule has 0 spiro atoms. The highest BCUT2D eigenvalue weighted by Crippen LogP contribution is 2.23. The third-order valence-corrected chi connectivity index (χ3v) is 4.48. The molecule has 0 aliphatic heterocycles. The second kappa shape index (κ2) is 5.95. The van der Waals surface area contributed by atoms with Gasteiger partial charge in [0.15, 0.2) is 0 Å². The molecule has 0 amide bonds. The van der Waals surface area contributed by atoms with E-state index in [1.165, 1.54) is 24.2 Å². The Morgan fingerprint density at radius 1 is 1.45 bits per heavy atom. The Labute approximate surface area is 120 Å². The zero-order valence-electron chi connectivity index (χ0n) is 12.5. The second-order valence-corrected chi connectivity index (χ2v) is 5.83. The predicted octanol–water partition coefficient (Wildman–Crippen LogP) is 2.04. The molecule has 20 heavy (non-hydrogen) atoms. The molecule has 3 N–H and O–H groups in total. The molecule has 0 bridgehead atoms. The number of fused-ring (bicyclic) bond motifs is 1. The number of rotatable bonds is 6. The van der Waals surface area contributed by atoms with Crippen molar-refractivity contribution in [3.63, 3.8) is 0 Å². The lowest BCUT2D eigenvalue weighted by molar-refractivity contribution is -0.143. The van der Waals surface area contributed by atoms with Gasteiger partial charge in [-0.2, -0.15) is 0 Å². The minimum absolute atomic E-state index is 0.462. The Morgan fingerprint density at radius 3 is 2.80 bits per heavy atom. The SMILES string of the molecule is CCC(N)(CCCn1c(C)nc2c1CCCC2)C(=O)O. The van der Waals surface area contributed by atoms with E-state index in [1.807, 2.05) is 13.8 Å². The fraction of sp³-hybridized carbons (Fsp3) is 0.733. The van der Waals surface area contributed by atoms with Crippen LogP contribution in [-0.4, -0.2) is 26.2 Å². The number of aromatic nitrogens is 2. The summed E-state index contributed by atoms with van der Waals surface area (Å²) in [5.74, 6) is 0.149. The summed E-state index contributed by atoms with van der Waals surface area (Å²) >= 11 is 0. The van der Waals surface area contributed by atoms with Crippen molar-refractivity contribution >= 4 is 5.97 Å². The molecular weight excluding hydrogens is 254 g/mol. The van der Waals surface area contributed by atoms with Gasteiger partial charge in [-0.05, 0) is 51.9 Å². The molecule has 2 rings (SSSR count). The first-order valence-corrected chi connectivity index (χ1v) is 7.55. The predicted molar refractivity (Wildman–Crippen MR) is 77.7 cm³/mol. The van der Waals surface area contributed by atoms with E-state index >= 15 is 0 Å². The minimum Gasteiger partial charge on any atom is -0.480 e. The van der Waals surface area contributed by atoms with E-state index in [-0.39, 0.29) is 0 Å². The highest BCUT2D eigenvalue weighted by molar-refractivity contribution is 5.78. The van der Waals surface area contributed by atoms with Crippen molar-refractivity contribution in [1.29, 1.82) is 0 Å². The minimum atomic E-state index is -1.09. The summed E-state index contributed by atoms with van der Waals surface area (Å²) in [4.78, 5) is 15.8. The molecule has 1 unspecified atom stereocenters. The van der Waals surface area contributed by atoms with Crippen LogP contribution >= 0.6 is 0 Å². The number of hydrogen-bond acceptors (Lipinski definition) is 3. The van der Waals surface area contributed by atoms with Crippen molar-refractivity contribution < 1.29 is 9.90 Å². The largest absolute Gasteiger partial charge is 0.480 e. The summed E-state index contributed by atoms with van der Waals surface area (Å²) in [5, 5.41) is 9.19. The van der Waals surface area contributed by atoms with Crippen molar-refractivity contribution in [2.45, 2.75) is 70.9 Å². The van der Waals surface area contributed by atoms with Crippen LogP contribution in [0.2, 0.25) is 0 Å². The van der Waals surface area contributed by atoms with Crippen LogP contribution in [-0.2, 0) is 24.2 Å². The number of hydrogen-bond donors (Lipinski definition) is 2. The zero-order chi connectivity index (χ0) is 14.8. The molecule has 0 saturated carbocycles. The van der Waals surface area contributed by atoms with Crippen molar-refractivity contribution in [2.75, 3.05) is 0 Å².